The van der Waals surface area contributed by atoms with Gasteiger partial charge in [-0.1, -0.05) is 32.1 Å². The molecule has 1 unspecified atom stereocenters. The molecule has 0 saturated heterocycles. The Kier molecular flexibility index (Phi) is 5.20. The maximum atomic E-state index is 14.0. The van der Waals surface area contributed by atoms with Crippen LogP contribution < -0.4 is 4.74 Å². The molecule has 0 aliphatic heterocycles. The van der Waals surface area contributed by atoms with Gasteiger partial charge in [-0.25, -0.2) is 4.39 Å². The molecule has 2 rings (SSSR count). The number of benzene rings is 1. The van der Waals surface area contributed by atoms with Crippen molar-refractivity contribution in [3.8, 4) is 5.75 Å². The number of hydrogen-bond donors (Lipinski definition) is 1. The van der Waals surface area contributed by atoms with Crippen molar-refractivity contribution in [2.24, 2.45) is 5.92 Å². The molecule has 1 aromatic rings. The Hall–Kier alpha value is -1.09. The van der Waals surface area contributed by atoms with Crippen LogP contribution in [0.3, 0.4) is 0 Å². The van der Waals surface area contributed by atoms with Crippen LogP contribution in [0.4, 0.5) is 4.39 Å². The summed E-state index contributed by atoms with van der Waals surface area (Å²) in [5.74, 6) is 0.309. The van der Waals surface area contributed by atoms with E-state index in [1.165, 1.54) is 32.4 Å². The van der Waals surface area contributed by atoms with Crippen LogP contribution in [-0.4, -0.2) is 12.2 Å². The van der Waals surface area contributed by atoms with Crippen LogP contribution in [0, 0.1) is 11.7 Å². The number of hydrogen-bond acceptors (Lipinski definition) is 2. The van der Waals surface area contributed by atoms with Crippen LogP contribution in [0.25, 0.3) is 0 Å². The summed E-state index contributed by atoms with van der Waals surface area (Å²) in [7, 11) is 1.51. The smallest absolute Gasteiger partial charge is 0.132 e. The summed E-state index contributed by atoms with van der Waals surface area (Å²) in [6.45, 7) is 0. The molecule has 1 aliphatic carbocycles. The standard InChI is InChI=1S/C16H23FO2/c1-19-13-9-10-14(15(17)11-13)16(18)12-7-5-3-2-4-6-8-12/h9-12,16,18H,2-8H2,1H3. The van der Waals surface area contributed by atoms with Crippen molar-refractivity contribution in [3.63, 3.8) is 0 Å². The molecule has 2 nitrogen and oxygen atoms in total. The van der Waals surface area contributed by atoms with E-state index < -0.39 is 6.10 Å². The fourth-order valence-corrected chi connectivity index (χ4v) is 2.93. The molecule has 1 aliphatic rings. The van der Waals surface area contributed by atoms with E-state index in [-0.39, 0.29) is 11.7 Å². The lowest BCUT2D eigenvalue weighted by atomic mass is 9.84. The third kappa shape index (κ3) is 3.69. The second-order valence-corrected chi connectivity index (χ2v) is 5.44. The van der Waals surface area contributed by atoms with E-state index in [1.54, 1.807) is 12.1 Å². The van der Waals surface area contributed by atoms with Crippen molar-refractivity contribution in [1.29, 1.82) is 0 Å². The second kappa shape index (κ2) is 6.90. The van der Waals surface area contributed by atoms with Crippen molar-refractivity contribution >= 4 is 0 Å². The molecule has 3 heteroatoms. The van der Waals surface area contributed by atoms with Crippen molar-refractivity contribution in [2.75, 3.05) is 7.11 Å². The summed E-state index contributed by atoms with van der Waals surface area (Å²) >= 11 is 0. The fourth-order valence-electron chi connectivity index (χ4n) is 2.93. The SMILES string of the molecule is COc1ccc(C(O)C2CCCCCCC2)c(F)c1. The number of ether oxygens (including phenoxy) is 1. The van der Waals surface area contributed by atoms with Crippen LogP contribution in [0.2, 0.25) is 0 Å². The van der Waals surface area contributed by atoms with E-state index in [0.717, 1.165) is 25.7 Å². The monoisotopic (exact) mass is 266 g/mol. The van der Waals surface area contributed by atoms with E-state index in [1.807, 2.05) is 0 Å². The summed E-state index contributed by atoms with van der Waals surface area (Å²) in [6.07, 6.45) is 7.32. The Morgan fingerprint density at radius 2 is 1.79 bits per heavy atom. The molecule has 0 spiro atoms. The lowest BCUT2D eigenvalue weighted by Gasteiger charge is -2.25. The zero-order valence-corrected chi connectivity index (χ0v) is 11.6. The van der Waals surface area contributed by atoms with Gasteiger partial charge >= 0.3 is 0 Å². The number of aliphatic hydroxyl groups excluding tert-OH is 1. The van der Waals surface area contributed by atoms with E-state index in [9.17, 15) is 9.50 Å². The average Bonchev–Trinajstić information content (AvgIpc) is 2.37. The Balaban J connectivity index is 2.10. The van der Waals surface area contributed by atoms with Crippen LogP contribution in [0.5, 0.6) is 5.75 Å². The highest BCUT2D eigenvalue weighted by molar-refractivity contribution is 5.30. The first-order valence-electron chi connectivity index (χ1n) is 7.24. The molecule has 19 heavy (non-hydrogen) atoms. The first-order valence-corrected chi connectivity index (χ1v) is 7.24. The number of methoxy groups -OCH3 is 1. The van der Waals surface area contributed by atoms with Gasteiger partial charge in [-0.3, -0.25) is 0 Å². The van der Waals surface area contributed by atoms with Crippen LogP contribution >= 0.6 is 0 Å². The van der Waals surface area contributed by atoms with Crippen molar-refractivity contribution in [2.45, 2.75) is 51.0 Å². The van der Waals surface area contributed by atoms with Gasteiger partial charge in [0.25, 0.3) is 0 Å². The van der Waals surface area contributed by atoms with Gasteiger partial charge in [0.15, 0.2) is 0 Å². The Morgan fingerprint density at radius 1 is 1.16 bits per heavy atom. The maximum absolute atomic E-state index is 14.0. The van der Waals surface area contributed by atoms with Crippen LogP contribution in [0.15, 0.2) is 18.2 Å². The molecule has 1 aromatic carbocycles. The molecule has 1 fully saturated rings. The van der Waals surface area contributed by atoms with E-state index in [0.29, 0.717) is 11.3 Å². The van der Waals surface area contributed by atoms with Gasteiger partial charge in [-0.2, -0.15) is 0 Å². The van der Waals surface area contributed by atoms with Gasteiger partial charge in [0, 0.05) is 11.6 Å². The zero-order chi connectivity index (χ0) is 13.7. The quantitative estimate of drug-likeness (QED) is 0.887. The molecular weight excluding hydrogens is 243 g/mol. The van der Waals surface area contributed by atoms with Crippen molar-refractivity contribution < 1.29 is 14.2 Å². The lowest BCUT2D eigenvalue weighted by molar-refractivity contribution is 0.0878. The van der Waals surface area contributed by atoms with Crippen LogP contribution in [-0.2, 0) is 0 Å². The summed E-state index contributed by atoms with van der Waals surface area (Å²) in [6, 6.07) is 4.71. The molecule has 0 radical (unpaired) electrons. The highest BCUT2D eigenvalue weighted by Crippen LogP contribution is 2.34. The first kappa shape index (κ1) is 14.3. The Bertz CT molecular complexity index is 398. The third-order valence-electron chi connectivity index (χ3n) is 4.12. The van der Waals surface area contributed by atoms with Gasteiger partial charge in [0.05, 0.1) is 13.2 Å². The molecule has 1 N–H and O–H groups in total. The topological polar surface area (TPSA) is 29.5 Å². The molecular formula is C16H23FO2. The number of halogens is 1. The normalized spacial score (nSPS) is 19.5. The van der Waals surface area contributed by atoms with E-state index in [2.05, 4.69) is 0 Å². The molecule has 0 bridgehead atoms. The minimum Gasteiger partial charge on any atom is -0.497 e. The van der Waals surface area contributed by atoms with E-state index in [4.69, 9.17) is 4.74 Å². The largest absolute Gasteiger partial charge is 0.497 e. The summed E-state index contributed by atoms with van der Waals surface area (Å²) in [4.78, 5) is 0. The minimum absolute atomic E-state index is 0.184. The lowest BCUT2D eigenvalue weighted by Crippen LogP contribution is -2.15. The molecule has 106 valence electrons. The van der Waals surface area contributed by atoms with Gasteiger partial charge in [-0.05, 0) is 30.9 Å². The first-order chi connectivity index (χ1) is 9.22. The van der Waals surface area contributed by atoms with Gasteiger partial charge in [0.1, 0.15) is 11.6 Å². The summed E-state index contributed by atoms with van der Waals surface area (Å²) < 4.78 is 19.0. The summed E-state index contributed by atoms with van der Waals surface area (Å²) in [5, 5.41) is 10.4. The van der Waals surface area contributed by atoms with Crippen molar-refractivity contribution in [1.82, 2.24) is 0 Å². The molecule has 0 amide bonds. The highest BCUT2D eigenvalue weighted by Gasteiger charge is 2.24. The number of rotatable bonds is 3. The number of aliphatic hydroxyl groups is 1. The predicted octanol–water partition coefficient (Wildman–Crippen LogP) is 4.23. The Morgan fingerprint density at radius 3 is 2.37 bits per heavy atom. The van der Waals surface area contributed by atoms with Crippen LogP contribution in [0.1, 0.15) is 56.6 Å². The van der Waals surface area contributed by atoms with Crippen molar-refractivity contribution in [3.05, 3.63) is 29.6 Å². The molecule has 1 atom stereocenters. The molecule has 0 heterocycles. The minimum atomic E-state index is -0.691. The molecule has 1 saturated carbocycles. The summed E-state index contributed by atoms with van der Waals surface area (Å²) in [5.41, 5.74) is 0.409. The van der Waals surface area contributed by atoms with E-state index >= 15 is 0 Å². The fraction of sp³-hybridized carbons (Fsp3) is 0.625. The Labute approximate surface area is 114 Å². The van der Waals surface area contributed by atoms with Gasteiger partial charge in [0.2, 0.25) is 0 Å². The molecule has 0 aromatic heterocycles. The zero-order valence-electron chi connectivity index (χ0n) is 11.6. The maximum Gasteiger partial charge on any atom is 0.132 e. The highest BCUT2D eigenvalue weighted by atomic mass is 19.1. The van der Waals surface area contributed by atoms with Gasteiger partial charge in [-0.15, -0.1) is 0 Å². The third-order valence-corrected chi connectivity index (χ3v) is 4.12. The predicted molar refractivity (Wildman–Crippen MR) is 73.7 cm³/mol. The second-order valence-electron chi connectivity index (χ2n) is 5.44. The average molecular weight is 266 g/mol. The van der Waals surface area contributed by atoms with Gasteiger partial charge < -0.3 is 9.84 Å².